The molecule has 2 rings (SSSR count). The zero-order valence-electron chi connectivity index (χ0n) is 14.3. The highest BCUT2D eigenvalue weighted by Crippen LogP contribution is 2.39. The van der Waals surface area contributed by atoms with E-state index >= 15 is 0 Å². The summed E-state index contributed by atoms with van der Waals surface area (Å²) in [4.78, 5) is 0. The van der Waals surface area contributed by atoms with Gasteiger partial charge in [-0.15, -0.1) is 0 Å². The molecule has 0 aromatic rings. The third kappa shape index (κ3) is 3.22. The second-order valence-corrected chi connectivity index (χ2v) is 6.95. The fourth-order valence-corrected chi connectivity index (χ4v) is 3.08. The van der Waals surface area contributed by atoms with Crippen molar-refractivity contribution in [3.63, 3.8) is 0 Å². The molecule has 22 heavy (non-hydrogen) atoms. The van der Waals surface area contributed by atoms with Gasteiger partial charge in [0, 0.05) is 7.11 Å². The molecule has 2 fully saturated rings. The molecule has 2 aliphatic rings. The first-order valence-electron chi connectivity index (χ1n) is 7.56. The van der Waals surface area contributed by atoms with E-state index in [4.69, 9.17) is 23.7 Å². The lowest BCUT2D eigenvalue weighted by Crippen LogP contribution is -2.60. The quantitative estimate of drug-likeness (QED) is 0.777. The van der Waals surface area contributed by atoms with Crippen LogP contribution in [0.3, 0.4) is 0 Å². The molecule has 0 aliphatic carbocycles. The van der Waals surface area contributed by atoms with Crippen molar-refractivity contribution >= 4 is 0 Å². The largest absolute Gasteiger partial charge is 0.380 e. The SMILES string of the molecule is C=C(C)[C@](O)([C@H](OC)[C@H]1COC(C)(C)O1)[C@H]1COC(C)(C)O1. The molecule has 0 unspecified atom stereocenters. The maximum atomic E-state index is 11.3. The molecular weight excluding hydrogens is 288 g/mol. The van der Waals surface area contributed by atoms with E-state index in [1.807, 2.05) is 27.7 Å². The lowest BCUT2D eigenvalue weighted by Gasteiger charge is -2.41. The molecule has 2 saturated heterocycles. The van der Waals surface area contributed by atoms with E-state index in [-0.39, 0.29) is 6.61 Å². The van der Waals surface area contributed by atoms with Crippen LogP contribution in [0, 0.1) is 0 Å². The van der Waals surface area contributed by atoms with Gasteiger partial charge in [-0.3, -0.25) is 0 Å². The van der Waals surface area contributed by atoms with Gasteiger partial charge in [0.05, 0.1) is 13.2 Å². The van der Waals surface area contributed by atoms with Gasteiger partial charge in [0.1, 0.15) is 23.9 Å². The van der Waals surface area contributed by atoms with Crippen molar-refractivity contribution in [3.8, 4) is 0 Å². The standard InChI is InChI=1S/C16H28O6/c1-10(2)16(17,12-9-20-15(5,6)22-12)13(18-7)11-8-19-14(3,4)21-11/h11-13,17H,1,8-9H2,2-7H3/t11-,12-,13-,16-/m1/s1. The number of aliphatic hydroxyl groups is 1. The molecule has 2 heterocycles. The van der Waals surface area contributed by atoms with E-state index < -0.39 is 35.5 Å². The Kier molecular flexibility index (Phi) is 4.75. The fourth-order valence-electron chi connectivity index (χ4n) is 3.08. The Labute approximate surface area is 132 Å². The normalized spacial score (nSPS) is 34.3. The summed E-state index contributed by atoms with van der Waals surface area (Å²) >= 11 is 0. The monoisotopic (exact) mass is 316 g/mol. The summed E-state index contributed by atoms with van der Waals surface area (Å²) in [6.45, 7) is 13.6. The molecule has 6 nitrogen and oxygen atoms in total. The number of rotatable bonds is 5. The van der Waals surface area contributed by atoms with Crippen LogP contribution in [0.25, 0.3) is 0 Å². The van der Waals surface area contributed by atoms with Gasteiger partial charge in [-0.1, -0.05) is 6.58 Å². The molecule has 4 atom stereocenters. The summed E-state index contributed by atoms with van der Waals surface area (Å²) < 4.78 is 28.5. The van der Waals surface area contributed by atoms with Gasteiger partial charge in [0.25, 0.3) is 0 Å². The summed E-state index contributed by atoms with van der Waals surface area (Å²) in [5.74, 6) is -1.46. The lowest BCUT2D eigenvalue weighted by molar-refractivity contribution is -0.213. The predicted octanol–water partition coefficient (Wildman–Crippen LogP) is 1.61. The van der Waals surface area contributed by atoms with Crippen LogP contribution in [0.2, 0.25) is 0 Å². The minimum atomic E-state index is -1.43. The first-order chi connectivity index (χ1) is 10.0. The molecule has 0 amide bonds. The molecule has 0 saturated carbocycles. The Morgan fingerprint density at radius 2 is 1.73 bits per heavy atom. The van der Waals surface area contributed by atoms with Gasteiger partial charge in [-0.25, -0.2) is 0 Å². The van der Waals surface area contributed by atoms with Crippen LogP contribution in [-0.2, 0) is 23.7 Å². The number of hydrogen-bond donors (Lipinski definition) is 1. The van der Waals surface area contributed by atoms with Gasteiger partial charge in [-0.2, -0.15) is 0 Å². The van der Waals surface area contributed by atoms with Crippen LogP contribution < -0.4 is 0 Å². The van der Waals surface area contributed by atoms with E-state index in [0.717, 1.165) is 0 Å². The molecule has 0 aromatic carbocycles. The zero-order valence-corrected chi connectivity index (χ0v) is 14.3. The molecule has 0 bridgehead atoms. The van der Waals surface area contributed by atoms with Gasteiger partial charge < -0.3 is 28.8 Å². The zero-order chi connectivity index (χ0) is 16.8. The second kappa shape index (κ2) is 5.85. The van der Waals surface area contributed by atoms with E-state index in [0.29, 0.717) is 12.2 Å². The molecule has 0 aromatic heterocycles. The first-order valence-corrected chi connectivity index (χ1v) is 7.56. The van der Waals surface area contributed by atoms with Crippen LogP contribution in [0.15, 0.2) is 12.2 Å². The van der Waals surface area contributed by atoms with Crippen LogP contribution >= 0.6 is 0 Å². The summed E-state index contributed by atoms with van der Waals surface area (Å²) in [7, 11) is 1.54. The van der Waals surface area contributed by atoms with Crippen molar-refractivity contribution in [2.75, 3.05) is 20.3 Å². The van der Waals surface area contributed by atoms with Crippen molar-refractivity contribution in [2.45, 2.75) is 70.1 Å². The second-order valence-electron chi connectivity index (χ2n) is 6.95. The Bertz CT molecular complexity index is 432. The van der Waals surface area contributed by atoms with Crippen molar-refractivity contribution in [1.82, 2.24) is 0 Å². The van der Waals surface area contributed by atoms with Crippen molar-refractivity contribution < 1.29 is 28.8 Å². The van der Waals surface area contributed by atoms with Crippen LogP contribution in [0.5, 0.6) is 0 Å². The van der Waals surface area contributed by atoms with E-state index in [1.54, 1.807) is 6.92 Å². The summed E-state index contributed by atoms with van der Waals surface area (Å²) in [5, 5.41) is 11.3. The van der Waals surface area contributed by atoms with Crippen LogP contribution in [0.1, 0.15) is 34.6 Å². The molecular formula is C16H28O6. The molecule has 1 N–H and O–H groups in total. The minimum Gasteiger partial charge on any atom is -0.380 e. The molecule has 2 aliphatic heterocycles. The molecule has 128 valence electrons. The highest BCUT2D eigenvalue weighted by Gasteiger charge is 2.56. The number of hydrogen-bond acceptors (Lipinski definition) is 6. The van der Waals surface area contributed by atoms with Gasteiger partial charge >= 0.3 is 0 Å². The lowest BCUT2D eigenvalue weighted by atomic mass is 9.81. The maximum absolute atomic E-state index is 11.3. The average Bonchev–Trinajstić information content (AvgIpc) is 2.92. The van der Waals surface area contributed by atoms with E-state index in [1.165, 1.54) is 7.11 Å². The Balaban J connectivity index is 2.27. The van der Waals surface area contributed by atoms with E-state index in [2.05, 4.69) is 6.58 Å². The fraction of sp³-hybridized carbons (Fsp3) is 0.875. The third-order valence-electron chi connectivity index (χ3n) is 4.24. The van der Waals surface area contributed by atoms with Crippen LogP contribution in [0.4, 0.5) is 0 Å². The topological polar surface area (TPSA) is 66.4 Å². The van der Waals surface area contributed by atoms with Gasteiger partial charge in [0.2, 0.25) is 0 Å². The summed E-state index contributed by atoms with van der Waals surface area (Å²) in [6, 6.07) is 0. The minimum absolute atomic E-state index is 0.257. The maximum Gasteiger partial charge on any atom is 0.163 e. The number of ether oxygens (including phenoxy) is 5. The smallest absolute Gasteiger partial charge is 0.163 e. The highest BCUT2D eigenvalue weighted by molar-refractivity contribution is 5.20. The molecule has 0 radical (unpaired) electrons. The van der Waals surface area contributed by atoms with E-state index in [9.17, 15) is 5.11 Å². The van der Waals surface area contributed by atoms with Crippen molar-refractivity contribution in [3.05, 3.63) is 12.2 Å². The Hall–Kier alpha value is -0.500. The number of methoxy groups -OCH3 is 1. The third-order valence-corrected chi connectivity index (χ3v) is 4.24. The summed E-state index contributed by atoms with van der Waals surface area (Å²) in [6.07, 6.45) is -1.68. The average molecular weight is 316 g/mol. The van der Waals surface area contributed by atoms with Gasteiger partial charge in [0.15, 0.2) is 11.6 Å². The predicted molar refractivity (Wildman–Crippen MR) is 80.4 cm³/mol. The first kappa shape index (κ1) is 17.8. The summed E-state index contributed by atoms with van der Waals surface area (Å²) in [5.41, 5.74) is -0.893. The van der Waals surface area contributed by atoms with Gasteiger partial charge in [-0.05, 0) is 40.2 Å². The highest BCUT2D eigenvalue weighted by atomic mass is 16.8. The van der Waals surface area contributed by atoms with Crippen LogP contribution in [-0.4, -0.2) is 60.9 Å². The Morgan fingerprint density at radius 3 is 2.09 bits per heavy atom. The van der Waals surface area contributed by atoms with Crippen molar-refractivity contribution in [2.24, 2.45) is 0 Å². The van der Waals surface area contributed by atoms with Crippen molar-refractivity contribution in [1.29, 1.82) is 0 Å². The molecule has 0 spiro atoms. The Morgan fingerprint density at radius 1 is 1.18 bits per heavy atom. The molecule has 6 heteroatoms.